The molecule has 3 aromatic carbocycles. The van der Waals surface area contributed by atoms with Crippen LogP contribution in [0.25, 0.3) is 27.4 Å². The van der Waals surface area contributed by atoms with Crippen molar-refractivity contribution in [3.63, 3.8) is 0 Å². The largest absolute Gasteiger partial charge is 0.478 e. The van der Waals surface area contributed by atoms with Gasteiger partial charge in [0.05, 0.1) is 34.9 Å². The molecule has 0 aliphatic rings. The summed E-state index contributed by atoms with van der Waals surface area (Å²) in [7, 11) is 0. The molecule has 38 heavy (non-hydrogen) atoms. The molecule has 0 saturated carbocycles. The second kappa shape index (κ2) is 9.67. The number of imidazole rings is 1. The molecule has 0 fully saturated rings. The summed E-state index contributed by atoms with van der Waals surface area (Å²) in [4.78, 5) is 29.3. The van der Waals surface area contributed by atoms with E-state index in [1.807, 2.05) is 28.8 Å². The molecule has 0 bridgehead atoms. The normalized spacial score (nSPS) is 11.2. The quantitative estimate of drug-likeness (QED) is 0.304. The number of fused-ring (bicyclic) bond motifs is 2. The lowest BCUT2D eigenvalue weighted by Gasteiger charge is -2.11. The van der Waals surface area contributed by atoms with Crippen molar-refractivity contribution in [3.8, 4) is 11.1 Å². The lowest BCUT2D eigenvalue weighted by Crippen LogP contribution is -2.23. The highest BCUT2D eigenvalue weighted by Crippen LogP contribution is 2.27. The van der Waals surface area contributed by atoms with Crippen molar-refractivity contribution in [1.82, 2.24) is 19.9 Å². The van der Waals surface area contributed by atoms with Crippen LogP contribution in [-0.4, -0.2) is 31.5 Å². The molecule has 0 aliphatic heterocycles. The number of carbonyl (C=O) groups is 2. The van der Waals surface area contributed by atoms with Crippen molar-refractivity contribution < 1.29 is 19.2 Å². The summed E-state index contributed by atoms with van der Waals surface area (Å²) in [6, 6.07) is 22.8. The van der Waals surface area contributed by atoms with Crippen LogP contribution in [-0.2, 0) is 13.0 Å². The van der Waals surface area contributed by atoms with E-state index < -0.39 is 5.97 Å². The molecule has 0 atom stereocenters. The Morgan fingerprint density at radius 3 is 2.47 bits per heavy atom. The highest BCUT2D eigenvalue weighted by molar-refractivity contribution is 6.02. The number of aromatic carboxylic acids is 1. The van der Waals surface area contributed by atoms with Gasteiger partial charge in [-0.1, -0.05) is 59.8 Å². The number of benzene rings is 3. The molecule has 186 valence electrons. The predicted molar refractivity (Wildman–Crippen MR) is 142 cm³/mol. The molecule has 0 unspecified atom stereocenters. The Morgan fingerprint density at radius 1 is 0.921 bits per heavy atom. The summed E-state index contributed by atoms with van der Waals surface area (Å²) < 4.78 is 6.87. The van der Waals surface area contributed by atoms with Crippen molar-refractivity contribution in [1.29, 1.82) is 0 Å². The molecular weight excluding hydrogens is 480 g/mol. The van der Waals surface area contributed by atoms with Crippen LogP contribution in [0.3, 0.4) is 0 Å². The third kappa shape index (κ3) is 4.51. The third-order valence-electron chi connectivity index (χ3n) is 6.55. The van der Waals surface area contributed by atoms with E-state index in [0.29, 0.717) is 12.0 Å². The van der Waals surface area contributed by atoms with Crippen LogP contribution in [0.4, 0.5) is 0 Å². The molecular formula is C30H22N4O4. The number of carbonyl (C=O) groups excluding carboxylic acids is 1. The monoisotopic (exact) mass is 502 g/mol. The summed E-state index contributed by atoms with van der Waals surface area (Å²) in [6.45, 7) is 0.247. The van der Waals surface area contributed by atoms with E-state index in [0.717, 1.165) is 38.9 Å². The summed E-state index contributed by atoms with van der Waals surface area (Å²) in [5.74, 6) is -1.26. The highest BCUT2D eigenvalue weighted by Gasteiger charge is 2.19. The van der Waals surface area contributed by atoms with Crippen molar-refractivity contribution in [3.05, 3.63) is 126 Å². The van der Waals surface area contributed by atoms with Gasteiger partial charge in [-0.15, -0.1) is 0 Å². The fourth-order valence-corrected chi connectivity index (χ4v) is 4.60. The minimum atomic E-state index is -0.992. The molecule has 6 rings (SSSR count). The number of carboxylic acid groups (broad SMARTS) is 1. The Labute approximate surface area is 217 Å². The molecule has 3 heterocycles. The van der Waals surface area contributed by atoms with Gasteiger partial charge in [-0.3, -0.25) is 4.79 Å². The summed E-state index contributed by atoms with van der Waals surface area (Å²) in [5, 5.41) is 18.2. The van der Waals surface area contributed by atoms with E-state index in [9.17, 15) is 9.59 Å². The minimum absolute atomic E-state index is 0.195. The Bertz CT molecular complexity index is 1790. The Kier molecular flexibility index (Phi) is 5.89. The topological polar surface area (TPSA) is 110 Å². The zero-order valence-electron chi connectivity index (χ0n) is 20.2. The van der Waals surface area contributed by atoms with Gasteiger partial charge in [0.25, 0.3) is 5.91 Å². The van der Waals surface area contributed by atoms with Crippen molar-refractivity contribution in [2.75, 3.05) is 0 Å². The summed E-state index contributed by atoms with van der Waals surface area (Å²) in [6.07, 6.45) is 7.30. The van der Waals surface area contributed by atoms with Crippen molar-refractivity contribution >= 4 is 28.2 Å². The van der Waals surface area contributed by atoms with Crippen LogP contribution in [0.15, 0.2) is 102 Å². The third-order valence-corrected chi connectivity index (χ3v) is 6.55. The van der Waals surface area contributed by atoms with Gasteiger partial charge in [0.1, 0.15) is 6.26 Å². The Balaban J connectivity index is 1.35. The van der Waals surface area contributed by atoms with E-state index >= 15 is 0 Å². The fraction of sp³-hybridized carbons (Fsp3) is 0.0667. The van der Waals surface area contributed by atoms with Crippen molar-refractivity contribution in [2.45, 2.75) is 13.0 Å². The second-order valence-electron chi connectivity index (χ2n) is 9.05. The standard InChI is InChI=1S/C30H22N4O4/c35-29(31-14-19-5-9-22(10-6-19)30(36)37)26-13-24(25-15-33-38-17-25)16-34-18-32-27(28(26)34)12-20-7-8-21-3-1-2-4-23(21)11-20/h1-11,13,15-18H,12,14H2,(H,31,35)(H,36,37). The molecule has 8 heteroatoms. The predicted octanol–water partition coefficient (Wildman–Crippen LogP) is 5.36. The van der Waals surface area contributed by atoms with Crippen molar-refractivity contribution in [2.24, 2.45) is 0 Å². The summed E-state index contributed by atoms with van der Waals surface area (Å²) in [5.41, 5.74) is 5.57. The first kappa shape index (κ1) is 23.2. The van der Waals surface area contributed by atoms with Gasteiger partial charge in [-0.05, 0) is 40.1 Å². The molecule has 0 radical (unpaired) electrons. The number of hydrogen-bond acceptors (Lipinski definition) is 5. The second-order valence-corrected chi connectivity index (χ2v) is 9.05. The molecule has 0 aliphatic carbocycles. The number of rotatable bonds is 7. The minimum Gasteiger partial charge on any atom is -0.478 e. The van der Waals surface area contributed by atoms with Gasteiger partial charge in [0, 0.05) is 30.3 Å². The zero-order chi connectivity index (χ0) is 26.1. The van der Waals surface area contributed by atoms with Crippen LogP contribution < -0.4 is 5.32 Å². The van der Waals surface area contributed by atoms with Gasteiger partial charge in [0.2, 0.25) is 0 Å². The number of pyridine rings is 1. The number of aromatic nitrogens is 3. The number of nitrogens with one attached hydrogen (secondary N) is 1. The smallest absolute Gasteiger partial charge is 0.335 e. The van der Waals surface area contributed by atoms with Gasteiger partial charge in [0.15, 0.2) is 0 Å². The van der Waals surface area contributed by atoms with E-state index in [1.165, 1.54) is 23.8 Å². The molecule has 6 aromatic rings. The van der Waals surface area contributed by atoms with Crippen LogP contribution >= 0.6 is 0 Å². The molecule has 3 aromatic heterocycles. The molecule has 2 N–H and O–H groups in total. The first-order valence-corrected chi connectivity index (χ1v) is 12.0. The average Bonchev–Trinajstić information content (AvgIpc) is 3.62. The number of carboxylic acids is 1. The van der Waals surface area contributed by atoms with E-state index in [-0.39, 0.29) is 18.0 Å². The average molecular weight is 503 g/mol. The summed E-state index contributed by atoms with van der Waals surface area (Å²) >= 11 is 0. The lowest BCUT2D eigenvalue weighted by atomic mass is 10.0. The Hall–Kier alpha value is -5.24. The maximum absolute atomic E-state index is 13.5. The van der Waals surface area contributed by atoms with Crippen LogP contribution in [0, 0.1) is 0 Å². The number of amides is 1. The molecule has 8 nitrogen and oxygen atoms in total. The molecule has 0 spiro atoms. The van der Waals surface area contributed by atoms with Crippen LogP contribution in [0.2, 0.25) is 0 Å². The van der Waals surface area contributed by atoms with E-state index in [4.69, 9.17) is 9.63 Å². The fourth-order valence-electron chi connectivity index (χ4n) is 4.60. The Morgan fingerprint density at radius 2 is 1.71 bits per heavy atom. The van der Waals surface area contributed by atoms with Crippen LogP contribution in [0.1, 0.15) is 37.5 Å². The molecule has 0 saturated heterocycles. The SMILES string of the molecule is O=C(O)c1ccc(CNC(=O)c2cc(-c3cnoc3)cn3cnc(Cc4ccc5ccccc5c4)c23)cc1. The maximum atomic E-state index is 13.5. The maximum Gasteiger partial charge on any atom is 0.335 e. The zero-order valence-corrected chi connectivity index (χ0v) is 20.2. The van der Waals surface area contributed by atoms with E-state index in [2.05, 4.69) is 45.8 Å². The van der Waals surface area contributed by atoms with Gasteiger partial charge in [-0.25, -0.2) is 9.78 Å². The van der Waals surface area contributed by atoms with Gasteiger partial charge >= 0.3 is 5.97 Å². The van der Waals surface area contributed by atoms with Gasteiger partial charge < -0.3 is 19.3 Å². The highest BCUT2D eigenvalue weighted by atomic mass is 16.5. The first-order chi connectivity index (χ1) is 18.5. The van der Waals surface area contributed by atoms with Gasteiger partial charge in [-0.2, -0.15) is 0 Å². The first-order valence-electron chi connectivity index (χ1n) is 12.0. The number of nitrogens with zero attached hydrogens (tertiary/aromatic N) is 3. The van der Waals surface area contributed by atoms with Crippen LogP contribution in [0.5, 0.6) is 0 Å². The molecule has 1 amide bonds. The number of hydrogen-bond donors (Lipinski definition) is 2. The van der Waals surface area contributed by atoms with E-state index in [1.54, 1.807) is 24.7 Å². The lowest BCUT2D eigenvalue weighted by molar-refractivity contribution is 0.0696.